The zero-order chi connectivity index (χ0) is 12.3. The van der Waals surface area contributed by atoms with Gasteiger partial charge in [0.25, 0.3) is 0 Å². The smallest absolute Gasteiger partial charge is 0.143 e. The van der Waals surface area contributed by atoms with Crippen LogP contribution in [0.3, 0.4) is 0 Å². The van der Waals surface area contributed by atoms with E-state index in [1.807, 2.05) is 13.8 Å². The van der Waals surface area contributed by atoms with Crippen LogP contribution in [0.1, 0.15) is 13.8 Å². The number of nitrogen functional groups attached to an aromatic ring is 1. The van der Waals surface area contributed by atoms with Crippen LogP contribution >= 0.6 is 11.6 Å². The highest BCUT2D eigenvalue weighted by atomic mass is 35.5. The van der Waals surface area contributed by atoms with Crippen LogP contribution < -0.4 is 11.1 Å². The molecule has 90 valence electrons. The number of hydrogen-bond acceptors (Lipinski definition) is 3. The first-order chi connectivity index (χ1) is 7.41. The molecule has 0 heterocycles. The summed E-state index contributed by atoms with van der Waals surface area (Å²) in [4.78, 5) is 0. The second-order valence-electron chi connectivity index (χ2n) is 4.05. The van der Waals surface area contributed by atoms with E-state index in [2.05, 4.69) is 5.32 Å². The molecule has 0 saturated heterocycles. The minimum absolute atomic E-state index is 0.00994. The number of aliphatic hydroxyl groups is 1. The van der Waals surface area contributed by atoms with Crippen molar-refractivity contribution in [1.82, 2.24) is 0 Å². The molecule has 1 aromatic rings. The third-order valence-electron chi connectivity index (χ3n) is 2.36. The lowest BCUT2D eigenvalue weighted by atomic mass is 10.1. The van der Waals surface area contributed by atoms with E-state index in [0.717, 1.165) is 6.07 Å². The van der Waals surface area contributed by atoms with Gasteiger partial charge in [0.15, 0.2) is 0 Å². The van der Waals surface area contributed by atoms with E-state index in [1.54, 1.807) is 0 Å². The number of benzene rings is 1. The Morgan fingerprint density at radius 1 is 1.50 bits per heavy atom. The lowest BCUT2D eigenvalue weighted by Crippen LogP contribution is -2.25. The fourth-order valence-electron chi connectivity index (χ4n) is 1.17. The van der Waals surface area contributed by atoms with E-state index in [-0.39, 0.29) is 16.6 Å². The van der Waals surface area contributed by atoms with Crippen LogP contribution in [0.25, 0.3) is 0 Å². The number of halogens is 2. The summed E-state index contributed by atoms with van der Waals surface area (Å²) in [5.41, 5.74) is 6.42. The molecule has 0 aliphatic heterocycles. The maximum absolute atomic E-state index is 13.0. The van der Waals surface area contributed by atoms with E-state index >= 15 is 0 Å². The Kier molecular flexibility index (Phi) is 4.38. The molecular weight excluding hydrogens is 231 g/mol. The van der Waals surface area contributed by atoms with Crippen molar-refractivity contribution in [3.8, 4) is 0 Å². The second-order valence-corrected chi connectivity index (χ2v) is 4.45. The number of aliphatic hydroxyl groups excluding tert-OH is 1. The summed E-state index contributed by atoms with van der Waals surface area (Å²) in [6.07, 6.45) is -0.483. The summed E-state index contributed by atoms with van der Waals surface area (Å²) in [7, 11) is 0. The molecule has 0 radical (unpaired) electrons. The second kappa shape index (κ2) is 5.37. The van der Waals surface area contributed by atoms with Gasteiger partial charge in [-0.15, -0.1) is 0 Å². The number of nitrogens with one attached hydrogen (secondary N) is 1. The highest BCUT2D eigenvalue weighted by Crippen LogP contribution is 2.26. The Bertz CT molecular complexity index is 371. The molecule has 0 aromatic heterocycles. The van der Waals surface area contributed by atoms with Crippen LogP contribution in [0.2, 0.25) is 5.02 Å². The Morgan fingerprint density at radius 2 is 2.12 bits per heavy atom. The zero-order valence-corrected chi connectivity index (χ0v) is 10.1. The molecule has 1 unspecified atom stereocenters. The van der Waals surface area contributed by atoms with Gasteiger partial charge in [0.1, 0.15) is 5.82 Å². The quantitative estimate of drug-likeness (QED) is 0.716. The fourth-order valence-corrected chi connectivity index (χ4v) is 1.33. The molecule has 4 N–H and O–H groups in total. The number of anilines is 2. The predicted molar refractivity (Wildman–Crippen MR) is 65.2 cm³/mol. The van der Waals surface area contributed by atoms with E-state index in [4.69, 9.17) is 17.3 Å². The summed E-state index contributed by atoms with van der Waals surface area (Å²) in [6.45, 7) is 4.17. The maximum atomic E-state index is 13.0. The summed E-state index contributed by atoms with van der Waals surface area (Å²) in [6, 6.07) is 2.58. The van der Waals surface area contributed by atoms with Crippen molar-refractivity contribution in [2.45, 2.75) is 20.0 Å². The molecule has 0 saturated carbocycles. The van der Waals surface area contributed by atoms with E-state index in [0.29, 0.717) is 12.2 Å². The summed E-state index contributed by atoms with van der Waals surface area (Å²) >= 11 is 5.63. The fraction of sp³-hybridized carbons (Fsp3) is 0.455. The lowest BCUT2D eigenvalue weighted by molar-refractivity contribution is 0.138. The van der Waals surface area contributed by atoms with Gasteiger partial charge in [0.05, 0.1) is 22.5 Å². The van der Waals surface area contributed by atoms with Gasteiger partial charge in [-0.1, -0.05) is 25.4 Å². The van der Waals surface area contributed by atoms with Crippen LogP contribution in [0.15, 0.2) is 12.1 Å². The van der Waals surface area contributed by atoms with Crippen molar-refractivity contribution in [2.75, 3.05) is 17.6 Å². The Labute approximate surface area is 99.4 Å². The molecular formula is C11H16ClFN2O. The minimum Gasteiger partial charge on any atom is -0.397 e. The molecule has 0 spiro atoms. The molecule has 16 heavy (non-hydrogen) atoms. The van der Waals surface area contributed by atoms with Crippen LogP contribution in [-0.2, 0) is 0 Å². The highest BCUT2D eigenvalue weighted by molar-refractivity contribution is 6.31. The van der Waals surface area contributed by atoms with Crippen LogP contribution in [-0.4, -0.2) is 17.8 Å². The molecule has 0 fully saturated rings. The van der Waals surface area contributed by atoms with Gasteiger partial charge in [-0.3, -0.25) is 0 Å². The SMILES string of the molecule is CC(C)C(O)CNc1cc(Cl)c(F)cc1N. The topological polar surface area (TPSA) is 58.3 Å². The standard InChI is InChI=1S/C11H16ClFN2O/c1-6(2)11(16)5-15-10-3-7(12)8(13)4-9(10)14/h3-4,6,11,15-16H,5,14H2,1-2H3. The van der Waals surface area contributed by atoms with Gasteiger partial charge in [0, 0.05) is 12.6 Å². The van der Waals surface area contributed by atoms with Gasteiger partial charge in [-0.2, -0.15) is 0 Å². The largest absolute Gasteiger partial charge is 0.397 e. The number of nitrogens with two attached hydrogens (primary N) is 1. The van der Waals surface area contributed by atoms with E-state index in [9.17, 15) is 9.50 Å². The predicted octanol–water partition coefficient (Wildman–Crippen LogP) is 2.49. The van der Waals surface area contributed by atoms with Crippen molar-refractivity contribution in [3.05, 3.63) is 23.0 Å². The minimum atomic E-state index is -0.547. The van der Waals surface area contributed by atoms with Crippen LogP contribution in [0.5, 0.6) is 0 Å². The van der Waals surface area contributed by atoms with Gasteiger partial charge in [0.2, 0.25) is 0 Å². The number of rotatable bonds is 4. The first-order valence-electron chi connectivity index (χ1n) is 5.08. The van der Waals surface area contributed by atoms with Crippen molar-refractivity contribution in [2.24, 2.45) is 5.92 Å². The Morgan fingerprint density at radius 3 is 2.69 bits per heavy atom. The normalized spacial score (nSPS) is 12.9. The van der Waals surface area contributed by atoms with Crippen molar-refractivity contribution in [1.29, 1.82) is 0 Å². The molecule has 1 aromatic carbocycles. The lowest BCUT2D eigenvalue weighted by Gasteiger charge is -2.17. The Balaban J connectivity index is 2.71. The van der Waals surface area contributed by atoms with Crippen molar-refractivity contribution in [3.63, 3.8) is 0 Å². The molecule has 5 heteroatoms. The molecule has 0 amide bonds. The van der Waals surface area contributed by atoms with Crippen LogP contribution in [0.4, 0.5) is 15.8 Å². The molecule has 1 rings (SSSR count). The highest BCUT2D eigenvalue weighted by Gasteiger charge is 2.11. The third kappa shape index (κ3) is 3.25. The van der Waals surface area contributed by atoms with E-state index in [1.165, 1.54) is 6.07 Å². The van der Waals surface area contributed by atoms with Crippen molar-refractivity contribution < 1.29 is 9.50 Å². The third-order valence-corrected chi connectivity index (χ3v) is 2.65. The molecule has 0 bridgehead atoms. The molecule has 0 aliphatic carbocycles. The zero-order valence-electron chi connectivity index (χ0n) is 9.30. The van der Waals surface area contributed by atoms with Gasteiger partial charge in [-0.05, 0) is 12.0 Å². The number of hydrogen-bond donors (Lipinski definition) is 3. The summed E-state index contributed by atoms with van der Waals surface area (Å²) < 4.78 is 13.0. The molecule has 0 aliphatic rings. The Hall–Kier alpha value is -1.00. The molecule has 1 atom stereocenters. The average Bonchev–Trinajstić information content (AvgIpc) is 2.20. The van der Waals surface area contributed by atoms with Crippen LogP contribution in [0, 0.1) is 11.7 Å². The first-order valence-corrected chi connectivity index (χ1v) is 5.46. The monoisotopic (exact) mass is 246 g/mol. The van der Waals surface area contributed by atoms with Gasteiger partial charge < -0.3 is 16.2 Å². The average molecular weight is 247 g/mol. The van der Waals surface area contributed by atoms with E-state index < -0.39 is 11.9 Å². The maximum Gasteiger partial charge on any atom is 0.143 e. The first kappa shape index (κ1) is 13.1. The molecule has 3 nitrogen and oxygen atoms in total. The van der Waals surface area contributed by atoms with Gasteiger partial charge >= 0.3 is 0 Å². The summed E-state index contributed by atoms with van der Waals surface area (Å²) in [5, 5.41) is 12.5. The van der Waals surface area contributed by atoms with Crippen molar-refractivity contribution >= 4 is 23.0 Å². The summed E-state index contributed by atoms with van der Waals surface area (Å²) in [5.74, 6) is -0.404. The van der Waals surface area contributed by atoms with Gasteiger partial charge in [-0.25, -0.2) is 4.39 Å².